The van der Waals surface area contributed by atoms with Crippen molar-refractivity contribution in [3.05, 3.63) is 53.6 Å². The number of carbonyl (C=O) groups excluding carboxylic acids is 1. The van der Waals surface area contributed by atoms with E-state index in [9.17, 15) is 20.0 Å². The summed E-state index contributed by atoms with van der Waals surface area (Å²) < 4.78 is 16.8. The molecule has 132 valence electrons. The van der Waals surface area contributed by atoms with Crippen LogP contribution in [0.2, 0.25) is 0 Å². The number of carbonyl (C=O) groups is 2. The van der Waals surface area contributed by atoms with Crippen molar-refractivity contribution in [3.63, 3.8) is 0 Å². The molecule has 3 rings (SSSR count). The zero-order chi connectivity index (χ0) is 18.8. The largest absolute Gasteiger partial charge is 0.493 e. The van der Waals surface area contributed by atoms with Crippen molar-refractivity contribution in [1.82, 2.24) is 4.57 Å². The normalized spacial score (nSPS) is 17.2. The first-order valence-electron chi connectivity index (χ1n) is 7.53. The molecule has 2 aromatic rings. The van der Waals surface area contributed by atoms with E-state index in [-0.39, 0.29) is 17.0 Å². The number of hydrogen-bond donors (Lipinski definition) is 1. The van der Waals surface area contributed by atoms with Gasteiger partial charge in [0.2, 0.25) is 0 Å². The first-order valence-corrected chi connectivity index (χ1v) is 7.53. The van der Waals surface area contributed by atoms with Crippen LogP contribution in [0.5, 0.6) is 0 Å². The highest BCUT2D eigenvalue weighted by Gasteiger charge is 2.34. The fourth-order valence-electron chi connectivity index (χ4n) is 2.66. The zero-order valence-corrected chi connectivity index (χ0v) is 13.9. The summed E-state index contributed by atoms with van der Waals surface area (Å²) in [5.41, 5.74) is 0.858. The summed E-state index contributed by atoms with van der Waals surface area (Å²) in [5, 5.41) is 19.4. The highest BCUT2D eigenvalue weighted by Crippen LogP contribution is 2.27. The lowest BCUT2D eigenvalue weighted by atomic mass is 10.2. The second-order valence-electron chi connectivity index (χ2n) is 5.42. The van der Waals surface area contributed by atoms with Crippen molar-refractivity contribution >= 4 is 28.5 Å². The van der Waals surface area contributed by atoms with E-state index in [4.69, 9.17) is 14.2 Å². The molecule has 8 nitrogen and oxygen atoms in total. The van der Waals surface area contributed by atoms with Crippen LogP contribution in [0.25, 0.3) is 16.6 Å². The third-order valence-corrected chi connectivity index (χ3v) is 3.94. The van der Waals surface area contributed by atoms with Gasteiger partial charge in [-0.15, -0.1) is 0 Å². The van der Waals surface area contributed by atoms with Crippen LogP contribution >= 0.6 is 0 Å². The number of para-hydroxylation sites is 1. The predicted octanol–water partition coefficient (Wildman–Crippen LogP) is 2.22. The predicted molar refractivity (Wildman–Crippen MR) is 89.2 cm³/mol. The molecular weight excluding hydrogens is 340 g/mol. The molecule has 0 amide bonds. The molecule has 0 saturated carbocycles. The van der Waals surface area contributed by atoms with E-state index in [0.29, 0.717) is 16.5 Å². The fraction of sp³-hybridized carbons (Fsp3) is 0.167. The number of aliphatic carboxylic acids is 1. The third-order valence-electron chi connectivity index (χ3n) is 3.94. The number of fused-ring (bicyclic) bond motifs is 1. The number of carboxylic acids is 1. The first-order chi connectivity index (χ1) is 12.5. The summed E-state index contributed by atoms with van der Waals surface area (Å²) in [7, 11) is 1.36. The van der Waals surface area contributed by atoms with Crippen molar-refractivity contribution in [2.45, 2.75) is 13.2 Å². The van der Waals surface area contributed by atoms with E-state index < -0.39 is 18.2 Å². The number of methoxy groups -OCH3 is 1. The summed E-state index contributed by atoms with van der Waals surface area (Å²) in [4.78, 5) is 23.3. The quantitative estimate of drug-likeness (QED) is 0.498. The van der Waals surface area contributed by atoms with Gasteiger partial charge < -0.3 is 23.9 Å². The van der Waals surface area contributed by atoms with Crippen molar-refractivity contribution in [2.75, 3.05) is 7.11 Å². The van der Waals surface area contributed by atoms with Crippen LogP contribution in [0.4, 0.5) is 0 Å². The minimum atomic E-state index is -1.28. The van der Waals surface area contributed by atoms with Crippen LogP contribution in [-0.2, 0) is 23.8 Å². The van der Waals surface area contributed by atoms with E-state index in [1.807, 2.05) is 6.07 Å². The van der Waals surface area contributed by atoms with E-state index in [1.165, 1.54) is 24.8 Å². The number of nitrogens with zero attached hydrogens (tertiary/aromatic N) is 2. The molecule has 8 heteroatoms. The minimum absolute atomic E-state index is 0.172. The van der Waals surface area contributed by atoms with E-state index in [0.717, 1.165) is 6.26 Å². The van der Waals surface area contributed by atoms with Gasteiger partial charge in [-0.1, -0.05) is 18.2 Å². The average molecular weight is 354 g/mol. The van der Waals surface area contributed by atoms with Crippen molar-refractivity contribution < 1.29 is 28.9 Å². The van der Waals surface area contributed by atoms with Gasteiger partial charge in [0, 0.05) is 11.6 Å². The lowest BCUT2D eigenvalue weighted by Gasteiger charge is -2.13. The maximum Gasteiger partial charge on any atom is 0.356 e. The fourth-order valence-corrected chi connectivity index (χ4v) is 2.66. The Bertz CT molecular complexity index is 1010. The maximum absolute atomic E-state index is 11.7. The van der Waals surface area contributed by atoms with Gasteiger partial charge in [-0.2, -0.15) is 5.26 Å². The Hall–Kier alpha value is -3.73. The molecule has 26 heavy (non-hydrogen) atoms. The summed E-state index contributed by atoms with van der Waals surface area (Å²) in [6.45, 7) is 1.52. The van der Waals surface area contributed by atoms with Crippen LogP contribution in [0, 0.1) is 11.3 Å². The van der Waals surface area contributed by atoms with Gasteiger partial charge in [0.15, 0.2) is 11.5 Å². The Morgan fingerprint density at radius 2 is 2.15 bits per heavy atom. The molecule has 0 spiro atoms. The number of carboxylic acid groups (broad SMARTS) is 1. The summed E-state index contributed by atoms with van der Waals surface area (Å²) in [6.07, 6.45) is 1.21. The zero-order valence-electron chi connectivity index (χ0n) is 13.9. The molecule has 0 saturated heterocycles. The van der Waals surface area contributed by atoms with Crippen molar-refractivity contribution in [2.24, 2.45) is 0 Å². The topological polar surface area (TPSA) is 111 Å². The second-order valence-corrected chi connectivity index (χ2v) is 5.42. The molecule has 0 aliphatic carbocycles. The Labute approximate surface area is 148 Å². The van der Waals surface area contributed by atoms with E-state index >= 15 is 0 Å². The van der Waals surface area contributed by atoms with Crippen molar-refractivity contribution in [1.29, 1.82) is 5.26 Å². The van der Waals surface area contributed by atoms with Gasteiger partial charge in [0.1, 0.15) is 12.3 Å². The van der Waals surface area contributed by atoms with Gasteiger partial charge >= 0.3 is 18.2 Å². The van der Waals surface area contributed by atoms with Crippen LogP contribution in [0.1, 0.15) is 12.5 Å². The summed E-state index contributed by atoms with van der Waals surface area (Å²) in [6, 6.07) is 8.92. The lowest BCUT2D eigenvalue weighted by Crippen LogP contribution is -2.16. The third kappa shape index (κ3) is 2.75. The number of cyclic esters (lactones) is 1. The molecule has 1 unspecified atom stereocenters. The molecule has 0 radical (unpaired) electrons. The van der Waals surface area contributed by atoms with Gasteiger partial charge in [-0.05, 0) is 13.0 Å². The number of aromatic nitrogens is 1. The SMILES string of the molecule is COC1=C(C)C(=O)OC1O/C=C(/C(=O)O)n1cc(C#N)c2ccccc21. The standard InChI is InChI=1S/C18H14N2O6/c1-10-15(24-2)18(26-17(10)23)25-9-14(16(21)22)20-8-11(7-19)12-5-3-4-6-13(12)20/h3-6,8-9,18H,1-2H3,(H,21,22)/b14-9-. The number of hydrogen-bond acceptors (Lipinski definition) is 6. The number of nitriles is 1. The van der Waals surface area contributed by atoms with Crippen LogP contribution in [-0.4, -0.2) is 35.0 Å². The lowest BCUT2D eigenvalue weighted by molar-refractivity contribution is -0.155. The molecule has 1 aliphatic rings. The molecule has 1 aromatic carbocycles. The summed E-state index contributed by atoms with van der Waals surface area (Å²) in [5.74, 6) is -1.71. The highest BCUT2D eigenvalue weighted by molar-refractivity contribution is 6.11. The van der Waals surface area contributed by atoms with Crippen LogP contribution in [0.15, 0.2) is 48.1 Å². The van der Waals surface area contributed by atoms with Gasteiger partial charge in [-0.25, -0.2) is 9.59 Å². The van der Waals surface area contributed by atoms with Crippen LogP contribution < -0.4 is 0 Å². The highest BCUT2D eigenvalue weighted by atomic mass is 16.7. The molecule has 1 atom stereocenters. The second kappa shape index (κ2) is 6.64. The Kier molecular flexibility index (Phi) is 4.37. The van der Waals surface area contributed by atoms with E-state index in [2.05, 4.69) is 0 Å². The maximum atomic E-state index is 11.7. The minimum Gasteiger partial charge on any atom is -0.493 e. The van der Waals surface area contributed by atoms with E-state index in [1.54, 1.807) is 24.3 Å². The molecular formula is C18H14N2O6. The molecule has 0 fully saturated rings. The van der Waals surface area contributed by atoms with Crippen LogP contribution in [0.3, 0.4) is 0 Å². The van der Waals surface area contributed by atoms with Crippen molar-refractivity contribution in [3.8, 4) is 6.07 Å². The number of esters is 1. The molecule has 1 N–H and O–H groups in total. The first kappa shape index (κ1) is 17.1. The van der Waals surface area contributed by atoms with Gasteiger partial charge in [0.25, 0.3) is 0 Å². The van der Waals surface area contributed by atoms with Gasteiger partial charge in [-0.3, -0.25) is 0 Å². The molecule has 1 aliphatic heterocycles. The number of benzene rings is 1. The summed E-state index contributed by atoms with van der Waals surface area (Å²) >= 11 is 0. The Morgan fingerprint density at radius 3 is 2.81 bits per heavy atom. The molecule has 2 heterocycles. The molecule has 1 aromatic heterocycles. The monoisotopic (exact) mass is 354 g/mol. The van der Waals surface area contributed by atoms with Gasteiger partial charge in [0.05, 0.1) is 23.8 Å². The smallest absolute Gasteiger partial charge is 0.356 e. The Morgan fingerprint density at radius 1 is 1.42 bits per heavy atom. The number of rotatable bonds is 5. The average Bonchev–Trinajstić information content (AvgIpc) is 3.13. The Balaban J connectivity index is 2.02. The molecule has 0 bridgehead atoms. The number of ether oxygens (including phenoxy) is 3.